The van der Waals surface area contributed by atoms with E-state index in [1.54, 1.807) is 11.4 Å². The molecule has 18 heavy (non-hydrogen) atoms. The Balaban J connectivity index is 2.08. The van der Waals surface area contributed by atoms with Crippen molar-refractivity contribution in [2.24, 2.45) is 11.7 Å². The molecule has 0 amide bonds. The van der Waals surface area contributed by atoms with E-state index in [1.807, 2.05) is 0 Å². The molecular weight excluding hydrogens is 248 g/mol. The van der Waals surface area contributed by atoms with Crippen molar-refractivity contribution < 1.29 is 8.42 Å². The summed E-state index contributed by atoms with van der Waals surface area (Å²) in [5, 5.41) is -0.143. The Bertz CT molecular complexity index is 363. The average molecular weight is 274 g/mol. The number of nitrogens with zero attached hydrogens (tertiary/aromatic N) is 1. The molecule has 0 saturated heterocycles. The van der Waals surface area contributed by atoms with Gasteiger partial charge in [0.2, 0.25) is 10.0 Å². The zero-order chi connectivity index (χ0) is 13.2. The minimum absolute atomic E-state index is 0.141. The molecule has 0 radical (unpaired) electrons. The summed E-state index contributed by atoms with van der Waals surface area (Å²) in [5.41, 5.74) is 5.76. The topological polar surface area (TPSA) is 63.4 Å². The van der Waals surface area contributed by atoms with Crippen LogP contribution in [0.3, 0.4) is 0 Å². The highest BCUT2D eigenvalue weighted by atomic mass is 32.2. The largest absolute Gasteiger partial charge is 0.330 e. The van der Waals surface area contributed by atoms with Crippen LogP contribution in [-0.2, 0) is 10.0 Å². The number of hydrogen-bond acceptors (Lipinski definition) is 3. The van der Waals surface area contributed by atoms with Gasteiger partial charge in [0.05, 0.1) is 5.25 Å². The Labute approximate surface area is 111 Å². The highest BCUT2D eigenvalue weighted by molar-refractivity contribution is 7.89. The SMILES string of the molecule is CN(C1CCCC1CN)S(=O)(=O)C1CCCCC1. The van der Waals surface area contributed by atoms with Gasteiger partial charge in [0.15, 0.2) is 0 Å². The van der Waals surface area contributed by atoms with E-state index < -0.39 is 10.0 Å². The molecule has 2 atom stereocenters. The van der Waals surface area contributed by atoms with Crippen LogP contribution in [0.4, 0.5) is 0 Å². The fraction of sp³-hybridized carbons (Fsp3) is 1.00. The zero-order valence-corrected chi connectivity index (χ0v) is 12.2. The van der Waals surface area contributed by atoms with Gasteiger partial charge < -0.3 is 5.73 Å². The van der Waals surface area contributed by atoms with Gasteiger partial charge in [-0.1, -0.05) is 25.7 Å². The van der Waals surface area contributed by atoms with Gasteiger partial charge in [-0.2, -0.15) is 0 Å². The third kappa shape index (κ3) is 2.73. The molecule has 0 aromatic heterocycles. The standard InChI is InChI=1S/C13H26N2O2S/c1-15(13-9-5-6-11(13)10-14)18(16,17)12-7-3-2-4-8-12/h11-13H,2-10,14H2,1H3. The Hall–Kier alpha value is -0.130. The van der Waals surface area contributed by atoms with Crippen LogP contribution < -0.4 is 5.73 Å². The molecule has 0 bridgehead atoms. The first-order chi connectivity index (χ1) is 8.57. The summed E-state index contributed by atoms with van der Waals surface area (Å²) in [7, 11) is -1.34. The van der Waals surface area contributed by atoms with Gasteiger partial charge in [0, 0.05) is 13.1 Å². The summed E-state index contributed by atoms with van der Waals surface area (Å²) in [6, 6.07) is 0.141. The van der Waals surface area contributed by atoms with E-state index >= 15 is 0 Å². The molecule has 0 heterocycles. The van der Waals surface area contributed by atoms with Crippen molar-refractivity contribution in [1.82, 2.24) is 4.31 Å². The molecule has 2 fully saturated rings. The predicted octanol–water partition coefficient (Wildman–Crippen LogP) is 1.71. The van der Waals surface area contributed by atoms with Gasteiger partial charge in [-0.05, 0) is 38.1 Å². The molecule has 0 spiro atoms. The van der Waals surface area contributed by atoms with Gasteiger partial charge in [-0.15, -0.1) is 0 Å². The van der Waals surface area contributed by atoms with E-state index in [4.69, 9.17) is 5.73 Å². The summed E-state index contributed by atoms with van der Waals surface area (Å²) in [4.78, 5) is 0. The average Bonchev–Trinajstić information content (AvgIpc) is 2.87. The van der Waals surface area contributed by atoms with E-state index in [2.05, 4.69) is 0 Å². The molecule has 2 aliphatic carbocycles. The van der Waals surface area contributed by atoms with E-state index in [0.29, 0.717) is 12.5 Å². The smallest absolute Gasteiger partial charge is 0.216 e. The first kappa shape index (κ1) is 14.3. The van der Waals surface area contributed by atoms with Crippen LogP contribution in [0.5, 0.6) is 0 Å². The van der Waals surface area contributed by atoms with Crippen LogP contribution in [0.2, 0.25) is 0 Å². The molecule has 106 valence electrons. The van der Waals surface area contributed by atoms with E-state index in [9.17, 15) is 8.42 Å². The van der Waals surface area contributed by atoms with Crippen LogP contribution >= 0.6 is 0 Å². The Morgan fingerprint density at radius 2 is 1.72 bits per heavy atom. The number of sulfonamides is 1. The van der Waals surface area contributed by atoms with Gasteiger partial charge in [0.25, 0.3) is 0 Å². The van der Waals surface area contributed by atoms with E-state index in [-0.39, 0.29) is 11.3 Å². The van der Waals surface area contributed by atoms with Crippen molar-refractivity contribution in [2.75, 3.05) is 13.6 Å². The van der Waals surface area contributed by atoms with Crippen molar-refractivity contribution in [2.45, 2.75) is 62.7 Å². The van der Waals surface area contributed by atoms with Crippen molar-refractivity contribution >= 4 is 10.0 Å². The molecule has 0 aliphatic heterocycles. The number of nitrogens with two attached hydrogens (primary N) is 1. The van der Waals surface area contributed by atoms with Crippen LogP contribution in [0.1, 0.15) is 51.4 Å². The highest BCUT2D eigenvalue weighted by Crippen LogP contribution is 2.33. The minimum atomic E-state index is -3.11. The highest BCUT2D eigenvalue weighted by Gasteiger charge is 2.39. The van der Waals surface area contributed by atoms with Gasteiger partial charge >= 0.3 is 0 Å². The molecule has 0 aromatic rings. The Morgan fingerprint density at radius 1 is 1.06 bits per heavy atom. The second kappa shape index (κ2) is 5.88. The lowest BCUT2D eigenvalue weighted by molar-refractivity contribution is 0.297. The van der Waals surface area contributed by atoms with Gasteiger partial charge in [0.1, 0.15) is 0 Å². The monoisotopic (exact) mass is 274 g/mol. The lowest BCUT2D eigenvalue weighted by Crippen LogP contribution is -2.46. The van der Waals surface area contributed by atoms with Gasteiger partial charge in [-0.25, -0.2) is 12.7 Å². The summed E-state index contributed by atoms with van der Waals surface area (Å²) in [6.45, 7) is 0.606. The summed E-state index contributed by atoms with van der Waals surface area (Å²) in [5.74, 6) is 0.355. The molecule has 5 heteroatoms. The number of rotatable bonds is 4. The van der Waals surface area contributed by atoms with Crippen molar-refractivity contribution in [1.29, 1.82) is 0 Å². The number of hydrogen-bond donors (Lipinski definition) is 1. The Kier molecular flexibility index (Phi) is 4.67. The van der Waals surface area contributed by atoms with Gasteiger partial charge in [-0.3, -0.25) is 0 Å². The first-order valence-electron chi connectivity index (χ1n) is 7.24. The van der Waals surface area contributed by atoms with Crippen molar-refractivity contribution in [3.05, 3.63) is 0 Å². The second-order valence-electron chi connectivity index (χ2n) is 5.82. The zero-order valence-electron chi connectivity index (χ0n) is 11.3. The van der Waals surface area contributed by atoms with Crippen molar-refractivity contribution in [3.8, 4) is 0 Å². The summed E-state index contributed by atoms with van der Waals surface area (Å²) < 4.78 is 26.9. The molecule has 2 unspecified atom stereocenters. The predicted molar refractivity (Wildman–Crippen MR) is 73.7 cm³/mol. The fourth-order valence-electron chi connectivity index (χ4n) is 3.56. The van der Waals surface area contributed by atoms with Crippen molar-refractivity contribution in [3.63, 3.8) is 0 Å². The normalized spacial score (nSPS) is 31.1. The lowest BCUT2D eigenvalue weighted by Gasteiger charge is -2.33. The van der Waals surface area contributed by atoms with E-state index in [0.717, 1.165) is 44.9 Å². The van der Waals surface area contributed by atoms with E-state index in [1.165, 1.54) is 6.42 Å². The van der Waals surface area contributed by atoms with Crippen LogP contribution in [-0.4, -0.2) is 37.6 Å². The first-order valence-corrected chi connectivity index (χ1v) is 8.74. The summed E-state index contributed by atoms with van der Waals surface area (Å²) in [6.07, 6.45) is 8.14. The maximum atomic E-state index is 12.6. The van der Waals surface area contributed by atoms with Crippen LogP contribution in [0.15, 0.2) is 0 Å². The Morgan fingerprint density at radius 3 is 2.33 bits per heavy atom. The maximum absolute atomic E-state index is 12.6. The molecule has 0 aromatic carbocycles. The summed E-state index contributed by atoms with van der Waals surface area (Å²) >= 11 is 0. The molecular formula is C13H26N2O2S. The molecule has 4 nitrogen and oxygen atoms in total. The molecule has 2 rings (SSSR count). The third-order valence-electron chi connectivity index (χ3n) is 4.76. The van der Waals surface area contributed by atoms with Crippen LogP contribution in [0.25, 0.3) is 0 Å². The van der Waals surface area contributed by atoms with Crippen LogP contribution in [0, 0.1) is 5.92 Å². The maximum Gasteiger partial charge on any atom is 0.216 e. The fourth-order valence-corrected chi connectivity index (χ4v) is 5.61. The second-order valence-corrected chi connectivity index (χ2v) is 8.09. The molecule has 2 saturated carbocycles. The quantitative estimate of drug-likeness (QED) is 0.849. The molecule has 2 aliphatic rings. The molecule has 2 N–H and O–H groups in total. The minimum Gasteiger partial charge on any atom is -0.330 e. The third-order valence-corrected chi connectivity index (χ3v) is 7.15. The lowest BCUT2D eigenvalue weighted by atomic mass is 10.0.